The number of amides is 1. The Bertz CT molecular complexity index is 1030. The zero-order valence-electron chi connectivity index (χ0n) is 17.0. The molecule has 0 atom stereocenters. The van der Waals surface area contributed by atoms with Crippen LogP contribution in [0, 0.1) is 5.82 Å². The number of pyridine rings is 1. The minimum atomic E-state index is -0.300. The summed E-state index contributed by atoms with van der Waals surface area (Å²) in [7, 11) is 0. The van der Waals surface area contributed by atoms with Crippen molar-refractivity contribution >= 4 is 28.4 Å². The van der Waals surface area contributed by atoms with Gasteiger partial charge in [-0.15, -0.1) is 0 Å². The number of rotatable bonds is 2. The molecule has 1 fully saturated rings. The molecule has 0 unspecified atom stereocenters. The molecule has 0 aliphatic carbocycles. The van der Waals surface area contributed by atoms with E-state index < -0.39 is 0 Å². The minimum Gasteiger partial charge on any atom is -0.377 e. The second-order valence-corrected chi connectivity index (χ2v) is 8.40. The lowest BCUT2D eigenvalue weighted by atomic mass is 10.1. The number of nitrogens with one attached hydrogen (secondary N) is 1. The smallest absolute Gasteiger partial charge is 0.328 e. The van der Waals surface area contributed by atoms with E-state index in [-0.39, 0.29) is 17.4 Å². The highest BCUT2D eigenvalue weighted by Gasteiger charge is 2.25. The Labute approximate surface area is 169 Å². The summed E-state index contributed by atoms with van der Waals surface area (Å²) in [5, 5.41) is 4.23. The fourth-order valence-corrected chi connectivity index (χ4v) is 3.69. The molecule has 152 valence electrons. The van der Waals surface area contributed by atoms with Crippen LogP contribution < -0.4 is 10.2 Å². The highest BCUT2D eigenvalue weighted by Crippen LogP contribution is 2.27. The first-order chi connectivity index (χ1) is 13.8. The molecule has 3 heterocycles. The van der Waals surface area contributed by atoms with Crippen LogP contribution in [0.15, 0.2) is 48.8 Å². The van der Waals surface area contributed by atoms with E-state index in [2.05, 4.69) is 36.0 Å². The first-order valence-corrected chi connectivity index (χ1v) is 9.86. The third kappa shape index (κ3) is 4.04. The molecule has 0 saturated carbocycles. The maximum atomic E-state index is 13.4. The second kappa shape index (κ2) is 7.39. The molecule has 1 aromatic carbocycles. The molecule has 2 aromatic heterocycles. The molecular formula is C22H26FN5O. The van der Waals surface area contributed by atoms with E-state index in [1.54, 1.807) is 29.1 Å². The van der Waals surface area contributed by atoms with Crippen LogP contribution in [0.25, 0.3) is 10.9 Å². The maximum absolute atomic E-state index is 13.4. The molecule has 0 bridgehead atoms. The first kappa shape index (κ1) is 19.2. The zero-order chi connectivity index (χ0) is 20.6. The highest BCUT2D eigenvalue weighted by atomic mass is 19.1. The summed E-state index contributed by atoms with van der Waals surface area (Å²) in [6.45, 7) is 8.97. The van der Waals surface area contributed by atoms with Gasteiger partial charge in [0.2, 0.25) is 0 Å². The van der Waals surface area contributed by atoms with Crippen molar-refractivity contribution in [2.75, 3.05) is 36.4 Å². The molecule has 29 heavy (non-hydrogen) atoms. The SMILES string of the molecule is CC(C)(C)Nc1cccnc1N1CCN(C(=O)n2ccc3cc(F)ccc32)CC1. The Morgan fingerprint density at radius 1 is 1.10 bits per heavy atom. The van der Waals surface area contributed by atoms with Crippen LogP contribution in [0.5, 0.6) is 0 Å². The molecule has 1 saturated heterocycles. The average Bonchev–Trinajstić information content (AvgIpc) is 3.10. The van der Waals surface area contributed by atoms with Crippen molar-refractivity contribution in [1.29, 1.82) is 0 Å². The third-order valence-electron chi connectivity index (χ3n) is 5.00. The normalized spacial score (nSPS) is 15.0. The van der Waals surface area contributed by atoms with Crippen molar-refractivity contribution in [3.63, 3.8) is 0 Å². The van der Waals surface area contributed by atoms with Crippen molar-refractivity contribution in [3.05, 3.63) is 54.6 Å². The number of carbonyl (C=O) groups is 1. The number of anilines is 2. The molecule has 7 heteroatoms. The van der Waals surface area contributed by atoms with Crippen LogP contribution in [0.1, 0.15) is 20.8 Å². The Kier molecular flexibility index (Phi) is 4.90. The van der Waals surface area contributed by atoms with Gasteiger partial charge in [0.1, 0.15) is 5.82 Å². The summed E-state index contributed by atoms with van der Waals surface area (Å²) in [5.74, 6) is 0.614. The lowest BCUT2D eigenvalue weighted by Gasteiger charge is -2.37. The van der Waals surface area contributed by atoms with Crippen molar-refractivity contribution in [1.82, 2.24) is 14.5 Å². The topological polar surface area (TPSA) is 53.4 Å². The number of nitrogens with zero attached hydrogens (tertiary/aromatic N) is 4. The molecule has 1 amide bonds. The Morgan fingerprint density at radius 3 is 2.59 bits per heavy atom. The van der Waals surface area contributed by atoms with E-state index >= 15 is 0 Å². The van der Waals surface area contributed by atoms with Crippen molar-refractivity contribution in [2.45, 2.75) is 26.3 Å². The van der Waals surface area contributed by atoms with E-state index in [0.29, 0.717) is 26.2 Å². The van der Waals surface area contributed by atoms with E-state index in [4.69, 9.17) is 0 Å². The number of hydrogen-bond acceptors (Lipinski definition) is 4. The van der Waals surface area contributed by atoms with Crippen LogP contribution in [-0.4, -0.2) is 52.2 Å². The van der Waals surface area contributed by atoms with Gasteiger partial charge in [-0.2, -0.15) is 0 Å². The number of piperazine rings is 1. The van der Waals surface area contributed by atoms with Gasteiger partial charge < -0.3 is 15.1 Å². The fraction of sp³-hybridized carbons (Fsp3) is 0.364. The number of carbonyl (C=O) groups excluding carboxylic acids is 1. The van der Waals surface area contributed by atoms with Gasteiger partial charge in [-0.25, -0.2) is 14.2 Å². The minimum absolute atomic E-state index is 0.0650. The van der Waals surface area contributed by atoms with Gasteiger partial charge in [0.25, 0.3) is 0 Å². The van der Waals surface area contributed by atoms with Crippen LogP contribution >= 0.6 is 0 Å². The molecule has 4 rings (SSSR count). The Morgan fingerprint density at radius 2 is 1.86 bits per heavy atom. The number of aromatic nitrogens is 2. The molecule has 1 N–H and O–H groups in total. The summed E-state index contributed by atoms with van der Waals surface area (Å²) in [6.07, 6.45) is 3.51. The molecule has 0 spiro atoms. The van der Waals surface area contributed by atoms with Crippen molar-refractivity contribution in [3.8, 4) is 0 Å². The van der Waals surface area contributed by atoms with Crippen LogP contribution in [0.2, 0.25) is 0 Å². The monoisotopic (exact) mass is 395 g/mol. The predicted molar refractivity (Wildman–Crippen MR) is 114 cm³/mol. The average molecular weight is 395 g/mol. The maximum Gasteiger partial charge on any atom is 0.328 e. The fourth-order valence-electron chi connectivity index (χ4n) is 3.69. The van der Waals surface area contributed by atoms with Gasteiger partial charge in [0.15, 0.2) is 5.82 Å². The summed E-state index contributed by atoms with van der Waals surface area (Å²) in [5.41, 5.74) is 1.66. The summed E-state index contributed by atoms with van der Waals surface area (Å²) in [4.78, 5) is 21.6. The number of hydrogen-bond donors (Lipinski definition) is 1. The van der Waals surface area contributed by atoms with Crippen molar-refractivity contribution < 1.29 is 9.18 Å². The van der Waals surface area contributed by atoms with Gasteiger partial charge in [0, 0.05) is 49.5 Å². The van der Waals surface area contributed by atoms with E-state index in [9.17, 15) is 9.18 Å². The van der Waals surface area contributed by atoms with Gasteiger partial charge in [0.05, 0.1) is 11.2 Å². The molecule has 0 radical (unpaired) electrons. The summed E-state index contributed by atoms with van der Waals surface area (Å²) in [6, 6.07) is 10.1. The standard InChI is InChI=1S/C22H26FN5O/c1-22(2,3)25-18-5-4-9-24-20(18)26-11-13-27(14-12-26)21(29)28-10-8-16-15-17(23)6-7-19(16)28/h4-10,15,25H,11-14H2,1-3H3. The highest BCUT2D eigenvalue weighted by molar-refractivity contribution is 5.91. The number of halogens is 1. The molecule has 6 nitrogen and oxygen atoms in total. The van der Waals surface area contributed by atoms with Gasteiger partial charge >= 0.3 is 6.03 Å². The summed E-state index contributed by atoms with van der Waals surface area (Å²) >= 11 is 0. The second-order valence-electron chi connectivity index (χ2n) is 8.40. The predicted octanol–water partition coefficient (Wildman–Crippen LogP) is 4.18. The molecule has 1 aliphatic rings. The van der Waals surface area contributed by atoms with Crippen molar-refractivity contribution in [2.24, 2.45) is 0 Å². The summed E-state index contributed by atoms with van der Waals surface area (Å²) < 4.78 is 15.0. The third-order valence-corrected chi connectivity index (χ3v) is 5.00. The Balaban J connectivity index is 1.48. The Hall–Kier alpha value is -3.09. The number of benzene rings is 1. The molecule has 1 aliphatic heterocycles. The van der Waals surface area contributed by atoms with E-state index in [0.717, 1.165) is 22.4 Å². The van der Waals surface area contributed by atoms with Gasteiger partial charge in [-0.1, -0.05) is 0 Å². The number of fused-ring (bicyclic) bond motifs is 1. The lowest BCUT2D eigenvalue weighted by Crippen LogP contribution is -2.50. The molecular weight excluding hydrogens is 369 g/mol. The van der Waals surface area contributed by atoms with Gasteiger partial charge in [-0.05, 0) is 57.2 Å². The van der Waals surface area contributed by atoms with Crippen LogP contribution in [0.4, 0.5) is 20.7 Å². The van der Waals surface area contributed by atoms with E-state index in [1.807, 2.05) is 17.0 Å². The van der Waals surface area contributed by atoms with Crippen LogP contribution in [-0.2, 0) is 0 Å². The van der Waals surface area contributed by atoms with E-state index in [1.165, 1.54) is 12.1 Å². The quantitative estimate of drug-likeness (QED) is 0.707. The largest absolute Gasteiger partial charge is 0.377 e. The molecule has 3 aromatic rings. The lowest BCUT2D eigenvalue weighted by molar-refractivity contribution is 0.197. The van der Waals surface area contributed by atoms with Gasteiger partial charge in [-0.3, -0.25) is 4.57 Å². The zero-order valence-corrected chi connectivity index (χ0v) is 17.0. The van der Waals surface area contributed by atoms with Crippen LogP contribution in [0.3, 0.4) is 0 Å². The first-order valence-electron chi connectivity index (χ1n) is 9.86.